The number of ether oxygens (including phenoxy) is 2. The average Bonchev–Trinajstić information content (AvgIpc) is 2.94. The molecule has 0 unspecified atom stereocenters. The molecule has 0 spiro atoms. The average molecular weight is 331 g/mol. The number of hydrogen-bond acceptors (Lipinski definition) is 6. The molecule has 2 rings (SSSR count). The summed E-state index contributed by atoms with van der Waals surface area (Å²) in [6.45, 7) is 3.42. The summed E-state index contributed by atoms with van der Waals surface area (Å²) in [7, 11) is 0. The van der Waals surface area contributed by atoms with Crippen LogP contribution in [0.25, 0.3) is 17.5 Å². The van der Waals surface area contributed by atoms with E-state index < -0.39 is 17.6 Å². The Hall–Kier alpha value is -3.09. The number of carbonyl (C=O) groups is 2. The first-order chi connectivity index (χ1) is 11.6. The Morgan fingerprint density at radius 1 is 1.08 bits per heavy atom. The van der Waals surface area contributed by atoms with E-state index in [9.17, 15) is 14.4 Å². The molecule has 0 N–H and O–H groups in total. The van der Waals surface area contributed by atoms with Crippen LogP contribution < -0.4 is 5.63 Å². The summed E-state index contributed by atoms with van der Waals surface area (Å²) in [6.07, 6.45) is 1.10. The van der Waals surface area contributed by atoms with Gasteiger partial charge in [-0.2, -0.15) is 4.74 Å². The van der Waals surface area contributed by atoms with Crippen LogP contribution in [0.3, 0.4) is 0 Å². The van der Waals surface area contributed by atoms with Gasteiger partial charge in [-0.3, -0.25) is 0 Å². The summed E-state index contributed by atoms with van der Waals surface area (Å²) >= 11 is 0. The van der Waals surface area contributed by atoms with Gasteiger partial charge < -0.3 is 14.0 Å². The maximum absolute atomic E-state index is 12.0. The van der Waals surface area contributed by atoms with Crippen molar-refractivity contribution in [3.63, 3.8) is 0 Å². The normalized spacial score (nSPS) is 10.1. The van der Waals surface area contributed by atoms with Crippen molar-refractivity contribution in [3.05, 3.63) is 52.4 Å². The number of rotatable bonds is 6. The number of benzene rings is 1. The van der Waals surface area contributed by atoms with Crippen LogP contribution in [0.5, 0.6) is 0 Å². The second-order valence-electron chi connectivity index (χ2n) is 4.62. The monoisotopic (exact) mass is 331 g/mol. The highest BCUT2D eigenvalue weighted by atomic mass is 16.6. The molecule has 1 aromatic carbocycles. The maximum Gasteiger partial charge on any atom is 0.358 e. The molecule has 0 bridgehead atoms. The Morgan fingerprint density at radius 2 is 1.67 bits per heavy atom. The predicted octanol–water partition coefficient (Wildman–Crippen LogP) is 2.08. The van der Waals surface area contributed by atoms with Crippen LogP contribution >= 0.6 is 0 Å². The van der Waals surface area contributed by atoms with Gasteiger partial charge in [0.1, 0.15) is 0 Å². The van der Waals surface area contributed by atoms with E-state index >= 15 is 0 Å². The minimum Gasteiger partial charge on any atom is -0.462 e. The molecule has 0 saturated heterocycles. The highest BCUT2D eigenvalue weighted by Gasteiger charge is 2.22. The van der Waals surface area contributed by atoms with Crippen LogP contribution in [0.15, 0.2) is 51.3 Å². The summed E-state index contributed by atoms with van der Waals surface area (Å²) in [5.41, 5.74) is 0.103. The lowest BCUT2D eigenvalue weighted by molar-refractivity contribution is -0.146. The highest BCUT2D eigenvalue weighted by molar-refractivity contribution is 6.16. The molecule has 126 valence electrons. The van der Waals surface area contributed by atoms with E-state index in [4.69, 9.17) is 14.0 Å². The fourth-order valence-electron chi connectivity index (χ4n) is 1.99. The van der Waals surface area contributed by atoms with E-state index in [1.54, 1.807) is 38.1 Å². The first-order valence-corrected chi connectivity index (χ1v) is 7.41. The lowest BCUT2D eigenvalue weighted by atomic mass is 10.1. The Morgan fingerprint density at radius 3 is 2.21 bits per heavy atom. The predicted molar refractivity (Wildman–Crippen MR) is 85.9 cm³/mol. The van der Waals surface area contributed by atoms with E-state index in [1.807, 2.05) is 6.07 Å². The fraction of sp³-hybridized carbons (Fsp3) is 0.235. The zero-order valence-electron chi connectivity index (χ0n) is 13.4. The summed E-state index contributed by atoms with van der Waals surface area (Å²) < 4.78 is 15.8. The van der Waals surface area contributed by atoms with Gasteiger partial charge >= 0.3 is 17.6 Å². The van der Waals surface area contributed by atoms with Crippen molar-refractivity contribution in [1.29, 1.82) is 0 Å². The van der Waals surface area contributed by atoms with Gasteiger partial charge in [-0.1, -0.05) is 30.3 Å². The van der Waals surface area contributed by atoms with Crippen molar-refractivity contribution in [1.82, 2.24) is 4.74 Å². The number of nitrogens with zero attached hydrogens (tertiary/aromatic N) is 1. The first kappa shape index (κ1) is 17.3. The largest absolute Gasteiger partial charge is 0.462 e. The Kier molecular flexibility index (Phi) is 5.73. The number of aromatic nitrogens is 1. The van der Waals surface area contributed by atoms with E-state index in [1.165, 1.54) is 6.07 Å². The summed E-state index contributed by atoms with van der Waals surface area (Å²) in [5, 5.41) is 0. The lowest BCUT2D eigenvalue weighted by Crippen LogP contribution is -2.19. The molecule has 1 heterocycles. The topological polar surface area (TPSA) is 87.7 Å². The zero-order chi connectivity index (χ0) is 17.5. The molecule has 0 radical (unpaired) electrons. The highest BCUT2D eigenvalue weighted by Crippen LogP contribution is 2.19. The van der Waals surface area contributed by atoms with E-state index in [0.29, 0.717) is 11.3 Å². The second-order valence-corrected chi connectivity index (χ2v) is 4.62. The third-order valence-electron chi connectivity index (χ3n) is 2.99. The molecular weight excluding hydrogens is 314 g/mol. The third-order valence-corrected chi connectivity index (χ3v) is 2.99. The molecule has 0 aliphatic heterocycles. The molecule has 0 aliphatic rings. The van der Waals surface area contributed by atoms with Crippen LogP contribution in [-0.4, -0.2) is 29.9 Å². The number of hydrogen-bond donors (Lipinski definition) is 0. The molecule has 0 aliphatic carbocycles. The van der Waals surface area contributed by atoms with Gasteiger partial charge in [-0.05, 0) is 13.8 Å². The fourth-order valence-corrected chi connectivity index (χ4v) is 1.99. The Labute approximate surface area is 138 Å². The van der Waals surface area contributed by atoms with Crippen LogP contribution in [0.4, 0.5) is 0 Å². The Bertz CT molecular complexity index is 780. The van der Waals surface area contributed by atoms with Crippen molar-refractivity contribution in [2.75, 3.05) is 13.2 Å². The van der Waals surface area contributed by atoms with Gasteiger partial charge in [0, 0.05) is 5.56 Å². The number of carbonyl (C=O) groups excluding carboxylic acids is 2. The zero-order valence-corrected chi connectivity index (χ0v) is 13.4. The van der Waals surface area contributed by atoms with Crippen molar-refractivity contribution in [3.8, 4) is 11.3 Å². The van der Waals surface area contributed by atoms with Crippen molar-refractivity contribution < 1.29 is 23.6 Å². The molecule has 0 atom stereocenters. The van der Waals surface area contributed by atoms with Crippen LogP contribution in [0.1, 0.15) is 13.8 Å². The van der Waals surface area contributed by atoms with E-state index in [2.05, 4.69) is 0 Å². The molecule has 0 saturated carbocycles. The quantitative estimate of drug-likeness (QED) is 0.348. The molecule has 7 nitrogen and oxygen atoms in total. The van der Waals surface area contributed by atoms with Gasteiger partial charge in [-0.25, -0.2) is 14.4 Å². The molecule has 1 aromatic heterocycles. The smallest absolute Gasteiger partial charge is 0.358 e. The first-order valence-electron chi connectivity index (χ1n) is 7.41. The molecule has 2 aromatic rings. The van der Waals surface area contributed by atoms with Crippen LogP contribution in [0.2, 0.25) is 0 Å². The maximum atomic E-state index is 12.0. The Balaban J connectivity index is 2.51. The summed E-state index contributed by atoms with van der Waals surface area (Å²) in [5.74, 6) is -1.71. The third kappa shape index (κ3) is 4.01. The summed E-state index contributed by atoms with van der Waals surface area (Å²) in [4.78, 5) is 35.6. The number of esters is 2. The van der Waals surface area contributed by atoms with Crippen molar-refractivity contribution in [2.45, 2.75) is 13.8 Å². The molecular formula is C17H17NO6. The summed E-state index contributed by atoms with van der Waals surface area (Å²) in [6, 6.07) is 10.2. The van der Waals surface area contributed by atoms with Gasteiger partial charge in [0.15, 0.2) is 5.57 Å². The van der Waals surface area contributed by atoms with Gasteiger partial charge in [0.05, 0.1) is 31.2 Å². The standard InChI is InChI=1S/C17H17NO6/c1-3-22-16(20)13(17(21)23-4-2)11-18-14(10-15(19)24-18)12-8-6-5-7-9-12/h5-11H,3-4H2,1-2H3. The van der Waals surface area contributed by atoms with Gasteiger partial charge in [0.25, 0.3) is 0 Å². The van der Waals surface area contributed by atoms with Gasteiger partial charge in [0.2, 0.25) is 0 Å². The van der Waals surface area contributed by atoms with Crippen LogP contribution in [-0.2, 0) is 19.1 Å². The van der Waals surface area contributed by atoms with Crippen molar-refractivity contribution in [2.24, 2.45) is 0 Å². The molecule has 24 heavy (non-hydrogen) atoms. The van der Waals surface area contributed by atoms with Gasteiger partial charge in [-0.15, -0.1) is 0 Å². The second kappa shape index (κ2) is 7.96. The minimum absolute atomic E-state index is 0.0940. The van der Waals surface area contributed by atoms with E-state index in [-0.39, 0.29) is 18.8 Å². The molecule has 7 heteroatoms. The van der Waals surface area contributed by atoms with Crippen LogP contribution in [0, 0.1) is 0 Å². The lowest BCUT2D eigenvalue weighted by Gasteiger charge is -2.07. The molecule has 0 amide bonds. The van der Waals surface area contributed by atoms with E-state index in [0.717, 1.165) is 10.9 Å². The SMILES string of the molecule is CCOC(=O)C(=Cn1oc(=O)cc1-c1ccccc1)C(=O)OCC. The minimum atomic E-state index is -0.855. The molecule has 0 fully saturated rings. The van der Waals surface area contributed by atoms with Crippen molar-refractivity contribution >= 4 is 18.1 Å².